The first-order valence-electron chi connectivity index (χ1n) is 14.7. The highest BCUT2D eigenvalue weighted by atomic mass is 32.2. The molecular formula is C35H37F2N3O4S. The summed E-state index contributed by atoms with van der Waals surface area (Å²) in [5.74, 6) is -2.10. The van der Waals surface area contributed by atoms with Crippen molar-refractivity contribution in [3.8, 4) is 0 Å². The van der Waals surface area contributed by atoms with Crippen molar-refractivity contribution >= 4 is 27.5 Å². The van der Waals surface area contributed by atoms with Gasteiger partial charge in [0, 0.05) is 19.0 Å². The molecule has 236 valence electrons. The maximum Gasteiger partial charge on any atom is 0.264 e. The zero-order chi connectivity index (χ0) is 32.6. The summed E-state index contributed by atoms with van der Waals surface area (Å²) in [6.07, 6.45) is 0.806. The molecule has 2 amide bonds. The summed E-state index contributed by atoms with van der Waals surface area (Å²) in [5.41, 5.74) is 2.27. The number of anilines is 1. The predicted octanol–water partition coefficient (Wildman–Crippen LogP) is 6.02. The van der Waals surface area contributed by atoms with Gasteiger partial charge in [0.05, 0.1) is 10.6 Å². The third kappa shape index (κ3) is 8.76. The molecule has 7 nitrogen and oxygen atoms in total. The third-order valence-corrected chi connectivity index (χ3v) is 9.33. The van der Waals surface area contributed by atoms with Crippen LogP contribution < -0.4 is 9.62 Å². The number of sulfonamides is 1. The van der Waals surface area contributed by atoms with Crippen LogP contribution in [0.5, 0.6) is 0 Å². The number of carbonyl (C=O) groups is 2. The largest absolute Gasteiger partial charge is 0.352 e. The lowest BCUT2D eigenvalue weighted by atomic mass is 10.0. The zero-order valence-corrected chi connectivity index (χ0v) is 26.3. The first-order chi connectivity index (χ1) is 21.5. The molecule has 45 heavy (non-hydrogen) atoms. The van der Waals surface area contributed by atoms with Crippen molar-refractivity contribution in [1.82, 2.24) is 10.2 Å². The van der Waals surface area contributed by atoms with Crippen molar-refractivity contribution in [1.29, 1.82) is 0 Å². The number of carbonyl (C=O) groups excluding carboxylic acids is 2. The molecule has 10 heteroatoms. The van der Waals surface area contributed by atoms with Crippen LogP contribution in [0.25, 0.3) is 0 Å². The molecule has 0 saturated carbocycles. The highest BCUT2D eigenvalue weighted by Crippen LogP contribution is 2.26. The summed E-state index contributed by atoms with van der Waals surface area (Å²) < 4.78 is 56.6. The van der Waals surface area contributed by atoms with E-state index in [9.17, 15) is 26.8 Å². The molecule has 1 N–H and O–H groups in total. The lowest BCUT2D eigenvalue weighted by Gasteiger charge is -2.34. The third-order valence-electron chi connectivity index (χ3n) is 7.54. The van der Waals surface area contributed by atoms with Gasteiger partial charge in [-0.15, -0.1) is 0 Å². The summed E-state index contributed by atoms with van der Waals surface area (Å²) in [6.45, 7) is 4.84. The molecule has 2 atom stereocenters. The van der Waals surface area contributed by atoms with E-state index in [0.717, 1.165) is 27.6 Å². The van der Waals surface area contributed by atoms with Gasteiger partial charge < -0.3 is 10.2 Å². The van der Waals surface area contributed by atoms with E-state index in [1.54, 1.807) is 12.1 Å². The van der Waals surface area contributed by atoms with E-state index in [1.165, 1.54) is 53.4 Å². The molecule has 0 aliphatic heterocycles. The number of rotatable bonds is 13. The Morgan fingerprint density at radius 3 is 1.96 bits per heavy atom. The van der Waals surface area contributed by atoms with Crippen molar-refractivity contribution in [2.75, 3.05) is 10.8 Å². The Kier molecular flexibility index (Phi) is 11.1. The van der Waals surface area contributed by atoms with Gasteiger partial charge in [-0.05, 0) is 79.9 Å². The fraction of sp³-hybridized carbons (Fsp3) is 0.257. The van der Waals surface area contributed by atoms with Crippen LogP contribution >= 0.6 is 0 Å². The lowest BCUT2D eigenvalue weighted by Crippen LogP contribution is -2.54. The summed E-state index contributed by atoms with van der Waals surface area (Å²) in [5, 5.41) is 2.97. The van der Waals surface area contributed by atoms with Crippen LogP contribution in [0.15, 0.2) is 108 Å². The number of hydrogen-bond donors (Lipinski definition) is 1. The fourth-order valence-electron chi connectivity index (χ4n) is 4.76. The molecule has 0 aliphatic carbocycles. The van der Waals surface area contributed by atoms with E-state index in [4.69, 9.17) is 0 Å². The minimum Gasteiger partial charge on any atom is -0.352 e. The monoisotopic (exact) mass is 633 g/mol. The Hall–Kier alpha value is -4.57. The van der Waals surface area contributed by atoms with Crippen molar-refractivity contribution < 1.29 is 26.8 Å². The Morgan fingerprint density at radius 1 is 0.800 bits per heavy atom. The smallest absolute Gasteiger partial charge is 0.264 e. The van der Waals surface area contributed by atoms with Gasteiger partial charge in [0.1, 0.15) is 24.2 Å². The molecule has 0 aromatic heterocycles. The number of halogens is 2. The zero-order valence-electron chi connectivity index (χ0n) is 25.5. The van der Waals surface area contributed by atoms with E-state index in [1.807, 2.05) is 51.1 Å². The molecule has 4 aromatic rings. The topological polar surface area (TPSA) is 86.8 Å². The molecule has 0 spiro atoms. The second-order valence-electron chi connectivity index (χ2n) is 11.0. The van der Waals surface area contributed by atoms with Gasteiger partial charge in [-0.25, -0.2) is 17.2 Å². The standard InChI is InChI=1S/C35H37F2N3O4S/c1-4-26(3)38-35(42)33(22-27-8-6-5-7-9-27)39(23-28-12-14-29(36)15-13-28)34(41)24-40(31-18-16-30(37)17-19-31)45(43,44)32-20-10-25(2)11-21-32/h5-21,26,33H,4,22-24H2,1-3H3,(H,38,42)/t26-,33-/m0/s1. The summed E-state index contributed by atoms with van der Waals surface area (Å²) in [4.78, 5) is 29.5. The maximum atomic E-state index is 14.4. The molecule has 0 fully saturated rings. The first-order valence-corrected chi connectivity index (χ1v) is 16.1. The van der Waals surface area contributed by atoms with Crippen molar-refractivity contribution in [3.63, 3.8) is 0 Å². The maximum absolute atomic E-state index is 14.4. The van der Waals surface area contributed by atoms with Crippen LogP contribution in [0, 0.1) is 18.6 Å². The van der Waals surface area contributed by atoms with Crippen LogP contribution in [-0.4, -0.2) is 43.8 Å². The Bertz CT molecular complexity index is 1680. The minimum atomic E-state index is -4.31. The summed E-state index contributed by atoms with van der Waals surface area (Å²) in [7, 11) is -4.31. The minimum absolute atomic E-state index is 0.0503. The normalized spacial score (nSPS) is 12.6. The van der Waals surface area contributed by atoms with E-state index in [2.05, 4.69) is 5.32 Å². The molecule has 4 rings (SSSR count). The van der Waals surface area contributed by atoms with Crippen LogP contribution in [-0.2, 0) is 32.6 Å². The highest BCUT2D eigenvalue weighted by molar-refractivity contribution is 7.92. The summed E-state index contributed by atoms with van der Waals surface area (Å²) >= 11 is 0. The van der Waals surface area contributed by atoms with Crippen molar-refractivity contribution in [2.45, 2.75) is 57.1 Å². The number of nitrogens with zero attached hydrogens (tertiary/aromatic N) is 2. The number of amides is 2. The van der Waals surface area contributed by atoms with E-state index < -0.39 is 46.1 Å². The second kappa shape index (κ2) is 14.9. The Balaban J connectivity index is 1.80. The predicted molar refractivity (Wildman–Crippen MR) is 171 cm³/mol. The van der Waals surface area contributed by atoms with Gasteiger partial charge in [-0.3, -0.25) is 13.9 Å². The molecular weight excluding hydrogens is 596 g/mol. The van der Waals surface area contributed by atoms with Crippen molar-refractivity contribution in [3.05, 3.63) is 131 Å². The second-order valence-corrected chi connectivity index (χ2v) is 12.8. The fourth-order valence-corrected chi connectivity index (χ4v) is 6.17. The van der Waals surface area contributed by atoms with Crippen molar-refractivity contribution in [2.24, 2.45) is 0 Å². The average molecular weight is 634 g/mol. The molecule has 0 unspecified atom stereocenters. The molecule has 0 heterocycles. The molecule has 0 radical (unpaired) electrons. The van der Waals surface area contributed by atoms with E-state index in [-0.39, 0.29) is 29.6 Å². The summed E-state index contributed by atoms with van der Waals surface area (Å²) in [6, 6.07) is 24.5. The van der Waals surface area contributed by atoms with Crippen LogP contribution in [0.3, 0.4) is 0 Å². The molecule has 4 aromatic carbocycles. The molecule has 0 saturated heterocycles. The van der Waals surface area contributed by atoms with Gasteiger partial charge in [0.2, 0.25) is 11.8 Å². The van der Waals surface area contributed by atoms with Gasteiger partial charge in [0.15, 0.2) is 0 Å². The van der Waals surface area contributed by atoms with Gasteiger partial charge >= 0.3 is 0 Å². The van der Waals surface area contributed by atoms with Gasteiger partial charge in [-0.1, -0.05) is 67.1 Å². The van der Waals surface area contributed by atoms with Gasteiger partial charge in [0.25, 0.3) is 10.0 Å². The van der Waals surface area contributed by atoms with Crippen LogP contribution in [0.2, 0.25) is 0 Å². The lowest BCUT2D eigenvalue weighted by molar-refractivity contribution is -0.140. The van der Waals surface area contributed by atoms with Gasteiger partial charge in [-0.2, -0.15) is 0 Å². The number of hydrogen-bond acceptors (Lipinski definition) is 4. The van der Waals surface area contributed by atoms with Crippen LogP contribution in [0.1, 0.15) is 37.0 Å². The first kappa shape index (κ1) is 33.3. The van der Waals surface area contributed by atoms with Crippen LogP contribution in [0.4, 0.5) is 14.5 Å². The number of benzene rings is 4. The highest BCUT2D eigenvalue weighted by Gasteiger charge is 2.35. The van der Waals surface area contributed by atoms with E-state index >= 15 is 0 Å². The Morgan fingerprint density at radius 2 is 1.38 bits per heavy atom. The molecule has 0 bridgehead atoms. The number of aryl methyl sites for hydroxylation is 1. The number of nitrogens with one attached hydrogen (secondary N) is 1. The quantitative estimate of drug-likeness (QED) is 0.195. The van der Waals surface area contributed by atoms with E-state index in [0.29, 0.717) is 12.0 Å². The molecule has 0 aliphatic rings. The SMILES string of the molecule is CC[C@H](C)NC(=O)[C@H](Cc1ccccc1)N(Cc1ccc(F)cc1)C(=O)CN(c1ccc(F)cc1)S(=O)(=O)c1ccc(C)cc1. The Labute approximate surface area is 263 Å². The average Bonchev–Trinajstić information content (AvgIpc) is 3.03.